The molecule has 0 aliphatic carbocycles. The Bertz CT molecular complexity index is 2110. The zero-order chi connectivity index (χ0) is 32.7. The Morgan fingerprint density at radius 3 is 1.10 bits per heavy atom. The smallest absolute Gasteiger partial charge is 0.0485 e. The van der Waals surface area contributed by atoms with Crippen molar-refractivity contribution in [2.24, 2.45) is 11.5 Å². The van der Waals surface area contributed by atoms with E-state index in [1.54, 1.807) is 0 Å². The van der Waals surface area contributed by atoms with Gasteiger partial charge in [0.1, 0.15) is 0 Å². The van der Waals surface area contributed by atoms with Crippen LogP contribution in [0, 0.1) is 0 Å². The third-order valence-electron chi connectivity index (χ3n) is 8.75. The number of rotatable bonds is 4. The fourth-order valence-corrected chi connectivity index (χ4v) is 6.42. The van der Waals surface area contributed by atoms with Crippen molar-refractivity contribution in [3.63, 3.8) is 0 Å². The van der Waals surface area contributed by atoms with Crippen molar-refractivity contribution < 1.29 is 0 Å². The highest BCUT2D eigenvalue weighted by Crippen LogP contribution is 2.31. The van der Waals surface area contributed by atoms with Gasteiger partial charge in [-0.05, 0) is 82.7 Å². The first-order valence-electron chi connectivity index (χ1n) is 16.3. The van der Waals surface area contributed by atoms with Crippen LogP contribution in [0.15, 0.2) is 181 Å². The first-order valence-corrected chi connectivity index (χ1v) is 16.3. The standard InChI is InChI=1S/C44H38N4/c45-37-25-13-23-35(31-15-5-1-6-16-31)39-27-28-40(47-39)36(32-17-7-2-8-18-32)24-14-26-38(46)44(34-21-11-4-12-22-34)42-30-29-41(48-42)43(37)33-19-9-3-10-20-33/h1-22,25-30,47-48H,23-24,45-46H2/b25-13-,26-14-,39-35+,40-36+,43-37-,44-38-. The molecule has 4 nitrogen and oxygen atoms in total. The lowest BCUT2D eigenvalue weighted by Gasteiger charge is -2.12. The van der Waals surface area contributed by atoms with E-state index in [0.717, 1.165) is 55.5 Å². The van der Waals surface area contributed by atoms with Crippen LogP contribution in [-0.2, 0) is 0 Å². The molecule has 234 valence electrons. The average molecular weight is 623 g/mol. The van der Waals surface area contributed by atoms with Crippen LogP contribution in [-0.4, -0.2) is 9.97 Å². The number of H-pyrrole nitrogens is 2. The Kier molecular flexibility index (Phi) is 8.88. The molecule has 0 amide bonds. The Hall–Kier alpha value is -6.26. The lowest BCUT2D eigenvalue weighted by Crippen LogP contribution is -2.16. The molecule has 0 saturated carbocycles. The third-order valence-corrected chi connectivity index (χ3v) is 8.75. The number of hydrogen-bond acceptors (Lipinski definition) is 2. The van der Waals surface area contributed by atoms with Gasteiger partial charge in [0.15, 0.2) is 0 Å². The molecular weight excluding hydrogens is 585 g/mol. The third kappa shape index (κ3) is 6.51. The highest BCUT2D eigenvalue weighted by Gasteiger charge is 2.16. The summed E-state index contributed by atoms with van der Waals surface area (Å²) in [5, 5.41) is 2.15. The van der Waals surface area contributed by atoms with Crippen molar-refractivity contribution in [3.05, 3.63) is 226 Å². The Morgan fingerprint density at radius 1 is 0.375 bits per heavy atom. The number of nitrogens with two attached hydrogens (primary N) is 2. The SMILES string of the molecule is NC1=C(/c2ccccc2)c2ccc([nH]2)/C(c2ccccc2)=C(N)/C=C\C/C(c2ccccc2)=c2/cc/c([nH]2)=C(\c2ccccc2)C/C=C\1. The summed E-state index contributed by atoms with van der Waals surface area (Å²) in [4.78, 5) is 7.46. The van der Waals surface area contributed by atoms with Crippen LogP contribution in [0.3, 0.4) is 0 Å². The quantitative estimate of drug-likeness (QED) is 0.162. The van der Waals surface area contributed by atoms with Crippen LogP contribution in [0.25, 0.3) is 22.3 Å². The topological polar surface area (TPSA) is 83.6 Å². The minimum absolute atomic E-state index is 0.674. The second kappa shape index (κ2) is 14.0. The fourth-order valence-electron chi connectivity index (χ4n) is 6.42. The van der Waals surface area contributed by atoms with Crippen molar-refractivity contribution >= 4 is 22.3 Å². The molecule has 1 aliphatic heterocycles. The Morgan fingerprint density at radius 2 is 0.729 bits per heavy atom. The Balaban J connectivity index is 1.48. The molecule has 0 atom stereocenters. The summed E-state index contributed by atoms with van der Waals surface area (Å²) in [6, 6.07) is 50.2. The van der Waals surface area contributed by atoms with Gasteiger partial charge in [-0.1, -0.05) is 133 Å². The molecule has 48 heavy (non-hydrogen) atoms. The maximum Gasteiger partial charge on any atom is 0.0485 e. The van der Waals surface area contributed by atoms with E-state index < -0.39 is 0 Å². The van der Waals surface area contributed by atoms with Crippen molar-refractivity contribution in [1.29, 1.82) is 0 Å². The van der Waals surface area contributed by atoms with Crippen molar-refractivity contribution in [2.45, 2.75) is 12.8 Å². The molecule has 3 heterocycles. The van der Waals surface area contributed by atoms with Gasteiger partial charge in [-0.15, -0.1) is 0 Å². The van der Waals surface area contributed by atoms with E-state index in [4.69, 9.17) is 11.5 Å². The minimum atomic E-state index is 0.674. The van der Waals surface area contributed by atoms with Crippen LogP contribution in [0.1, 0.15) is 46.5 Å². The number of aromatic nitrogens is 2. The lowest BCUT2D eigenvalue weighted by atomic mass is 9.99. The zero-order valence-electron chi connectivity index (χ0n) is 26.7. The normalized spacial score (nSPS) is 20.8. The van der Waals surface area contributed by atoms with Gasteiger partial charge in [-0.3, -0.25) is 0 Å². The number of hydrogen-bond donors (Lipinski definition) is 4. The molecule has 2 aromatic heterocycles. The summed E-state index contributed by atoms with van der Waals surface area (Å²) in [7, 11) is 0. The molecule has 7 rings (SSSR count). The van der Waals surface area contributed by atoms with Gasteiger partial charge < -0.3 is 21.4 Å². The van der Waals surface area contributed by atoms with Gasteiger partial charge >= 0.3 is 0 Å². The maximum atomic E-state index is 6.95. The van der Waals surface area contributed by atoms with Crippen LogP contribution >= 0.6 is 0 Å². The predicted octanol–water partition coefficient (Wildman–Crippen LogP) is 7.78. The van der Waals surface area contributed by atoms with Crippen LogP contribution < -0.4 is 22.2 Å². The molecule has 0 fully saturated rings. The van der Waals surface area contributed by atoms with E-state index in [9.17, 15) is 0 Å². The monoisotopic (exact) mass is 622 g/mol. The molecule has 0 unspecified atom stereocenters. The molecule has 4 bridgehead atoms. The van der Waals surface area contributed by atoms with Crippen molar-refractivity contribution in [3.8, 4) is 0 Å². The largest absolute Gasteiger partial charge is 0.398 e. The van der Waals surface area contributed by atoms with Gasteiger partial charge in [0.25, 0.3) is 0 Å². The van der Waals surface area contributed by atoms with E-state index >= 15 is 0 Å². The maximum absolute atomic E-state index is 6.95. The zero-order valence-corrected chi connectivity index (χ0v) is 26.7. The molecular formula is C44H38N4. The van der Waals surface area contributed by atoms with Crippen LogP contribution in [0.2, 0.25) is 0 Å². The van der Waals surface area contributed by atoms with Gasteiger partial charge in [-0.25, -0.2) is 0 Å². The van der Waals surface area contributed by atoms with E-state index in [-0.39, 0.29) is 0 Å². The second-order valence-corrected chi connectivity index (χ2v) is 11.9. The summed E-state index contributed by atoms with van der Waals surface area (Å²) in [6.45, 7) is 0. The molecule has 4 aromatic carbocycles. The molecule has 4 heteroatoms. The van der Waals surface area contributed by atoms with Gasteiger partial charge in [0.05, 0.1) is 0 Å². The summed E-state index contributed by atoms with van der Waals surface area (Å²) >= 11 is 0. The number of aromatic amines is 2. The highest BCUT2D eigenvalue weighted by atomic mass is 14.8. The highest BCUT2D eigenvalue weighted by molar-refractivity contribution is 5.86. The van der Waals surface area contributed by atoms with Crippen molar-refractivity contribution in [1.82, 2.24) is 9.97 Å². The number of fused-ring (bicyclic) bond motifs is 4. The number of allylic oxidation sites excluding steroid dienone is 4. The van der Waals surface area contributed by atoms with Gasteiger partial charge in [0, 0.05) is 44.6 Å². The molecule has 6 aromatic rings. The molecule has 1 aliphatic rings. The number of benzene rings is 4. The van der Waals surface area contributed by atoms with Crippen LogP contribution in [0.5, 0.6) is 0 Å². The first kappa shape index (κ1) is 30.4. The second-order valence-electron chi connectivity index (χ2n) is 11.9. The van der Waals surface area contributed by atoms with Crippen molar-refractivity contribution in [2.75, 3.05) is 0 Å². The Labute approximate surface area is 281 Å². The first-order chi connectivity index (χ1) is 23.7. The van der Waals surface area contributed by atoms with Gasteiger partial charge in [0.2, 0.25) is 0 Å². The summed E-state index contributed by atoms with van der Waals surface area (Å²) in [6.07, 6.45) is 9.77. The summed E-state index contributed by atoms with van der Waals surface area (Å²) in [5.74, 6) is 0. The molecule has 0 spiro atoms. The van der Waals surface area contributed by atoms with E-state index in [1.807, 2.05) is 48.6 Å². The van der Waals surface area contributed by atoms with E-state index in [2.05, 4.69) is 131 Å². The minimum Gasteiger partial charge on any atom is -0.398 e. The van der Waals surface area contributed by atoms with E-state index in [1.165, 1.54) is 11.1 Å². The van der Waals surface area contributed by atoms with Gasteiger partial charge in [-0.2, -0.15) is 0 Å². The summed E-state index contributed by atoms with van der Waals surface area (Å²) < 4.78 is 0. The summed E-state index contributed by atoms with van der Waals surface area (Å²) in [5.41, 5.74) is 25.7. The number of nitrogens with one attached hydrogen (secondary N) is 2. The van der Waals surface area contributed by atoms with E-state index in [0.29, 0.717) is 24.2 Å². The molecule has 0 saturated heterocycles. The lowest BCUT2D eigenvalue weighted by molar-refractivity contribution is 1.19. The fraction of sp³-hybridized carbons (Fsp3) is 0.0455. The average Bonchev–Trinajstić information content (AvgIpc) is 3.81. The molecule has 0 radical (unpaired) electrons. The van der Waals surface area contributed by atoms with Crippen LogP contribution in [0.4, 0.5) is 0 Å². The predicted molar refractivity (Wildman–Crippen MR) is 200 cm³/mol. The molecule has 6 N–H and O–H groups in total.